The van der Waals surface area contributed by atoms with E-state index in [1.54, 1.807) is 11.9 Å². The number of nitrogens with zero attached hydrogens (tertiary/aromatic N) is 1. The quantitative estimate of drug-likeness (QED) is 0.860. The molecule has 1 aliphatic heterocycles. The van der Waals surface area contributed by atoms with Crippen LogP contribution < -0.4 is 14.8 Å². The number of fused-ring (bicyclic) bond motifs is 1. The molecule has 1 amide bonds. The van der Waals surface area contributed by atoms with Crippen LogP contribution in [0, 0.1) is 0 Å². The van der Waals surface area contributed by atoms with E-state index < -0.39 is 5.60 Å². The first-order valence-corrected chi connectivity index (χ1v) is 8.79. The average molecular weight is 371 g/mol. The molecule has 0 aliphatic carbocycles. The van der Waals surface area contributed by atoms with E-state index in [1.807, 2.05) is 39.8 Å². The maximum Gasteiger partial charge on any atom is 0.410 e. The Morgan fingerprint density at radius 3 is 2.72 bits per heavy atom. The minimum absolute atomic E-state index is 0.0115. The number of hydrogen-bond acceptors (Lipinski definition) is 5. The van der Waals surface area contributed by atoms with Crippen molar-refractivity contribution in [3.05, 3.63) is 22.7 Å². The molecule has 1 aromatic carbocycles. The Hall–Kier alpha value is -1.66. The van der Waals surface area contributed by atoms with E-state index in [-0.39, 0.29) is 12.1 Å². The van der Waals surface area contributed by atoms with Gasteiger partial charge in [0.05, 0.1) is 5.02 Å². The summed E-state index contributed by atoms with van der Waals surface area (Å²) in [5.41, 5.74) is 0.502. The van der Waals surface area contributed by atoms with Gasteiger partial charge in [-0.15, -0.1) is 0 Å². The highest BCUT2D eigenvalue weighted by Crippen LogP contribution is 2.38. The summed E-state index contributed by atoms with van der Waals surface area (Å²) >= 11 is 6.24. The van der Waals surface area contributed by atoms with Gasteiger partial charge in [0, 0.05) is 26.2 Å². The predicted molar refractivity (Wildman–Crippen MR) is 97.6 cm³/mol. The van der Waals surface area contributed by atoms with Crippen LogP contribution in [-0.4, -0.2) is 49.4 Å². The summed E-state index contributed by atoms with van der Waals surface area (Å²) in [5, 5.41) is 3.88. The van der Waals surface area contributed by atoms with E-state index in [1.165, 1.54) is 0 Å². The highest BCUT2D eigenvalue weighted by atomic mass is 35.5. The number of nitrogens with one attached hydrogen (secondary N) is 1. The maximum atomic E-state index is 12.1. The summed E-state index contributed by atoms with van der Waals surface area (Å²) in [4.78, 5) is 13.7. The monoisotopic (exact) mass is 370 g/mol. The summed E-state index contributed by atoms with van der Waals surface area (Å²) in [6.07, 6.45) is -0.329. The van der Waals surface area contributed by atoms with E-state index in [0.29, 0.717) is 42.8 Å². The largest absolute Gasteiger partial charge is 0.486 e. The van der Waals surface area contributed by atoms with Crippen LogP contribution in [0.5, 0.6) is 11.5 Å². The molecule has 0 saturated carbocycles. The van der Waals surface area contributed by atoms with Gasteiger partial charge in [0.15, 0.2) is 11.5 Å². The van der Waals surface area contributed by atoms with Gasteiger partial charge in [-0.25, -0.2) is 4.79 Å². The Kier molecular flexibility index (Phi) is 6.41. The van der Waals surface area contributed by atoms with Crippen molar-refractivity contribution in [2.24, 2.45) is 0 Å². The molecule has 25 heavy (non-hydrogen) atoms. The SMILES string of the molecule is CC(CNCc1cc(Cl)c2c(c1)OCCO2)N(C)C(=O)OC(C)(C)C. The third kappa shape index (κ3) is 5.68. The van der Waals surface area contributed by atoms with Gasteiger partial charge >= 0.3 is 6.09 Å². The number of likely N-dealkylation sites (N-methyl/N-ethyl adjacent to an activating group) is 1. The second-order valence-corrected chi connectivity index (χ2v) is 7.58. The second kappa shape index (κ2) is 8.15. The third-order valence-corrected chi connectivity index (χ3v) is 4.05. The molecule has 1 unspecified atom stereocenters. The van der Waals surface area contributed by atoms with Gasteiger partial charge in [-0.3, -0.25) is 0 Å². The van der Waals surface area contributed by atoms with Crippen molar-refractivity contribution in [2.75, 3.05) is 26.8 Å². The van der Waals surface area contributed by atoms with Gasteiger partial charge in [0.1, 0.15) is 18.8 Å². The highest BCUT2D eigenvalue weighted by molar-refractivity contribution is 6.32. The molecule has 1 aliphatic rings. The molecule has 140 valence electrons. The molecule has 0 bridgehead atoms. The number of carbonyl (C=O) groups excluding carboxylic acids is 1. The van der Waals surface area contributed by atoms with Crippen molar-refractivity contribution in [1.82, 2.24) is 10.2 Å². The fourth-order valence-electron chi connectivity index (χ4n) is 2.34. The van der Waals surface area contributed by atoms with E-state index in [9.17, 15) is 4.79 Å². The topological polar surface area (TPSA) is 60.0 Å². The van der Waals surface area contributed by atoms with Crippen molar-refractivity contribution in [2.45, 2.75) is 45.9 Å². The number of carbonyl (C=O) groups is 1. The molecule has 1 aromatic rings. The molecule has 6 nitrogen and oxygen atoms in total. The minimum Gasteiger partial charge on any atom is -0.486 e. The van der Waals surface area contributed by atoms with Gasteiger partial charge in [0.25, 0.3) is 0 Å². The first-order chi connectivity index (χ1) is 11.7. The normalized spacial score (nSPS) is 14.8. The smallest absolute Gasteiger partial charge is 0.410 e. The highest BCUT2D eigenvalue weighted by Gasteiger charge is 2.23. The van der Waals surface area contributed by atoms with E-state index >= 15 is 0 Å². The van der Waals surface area contributed by atoms with Gasteiger partial charge in [-0.2, -0.15) is 0 Å². The van der Waals surface area contributed by atoms with Crippen LogP contribution in [0.15, 0.2) is 12.1 Å². The minimum atomic E-state index is -0.500. The Labute approximate surface area is 154 Å². The lowest BCUT2D eigenvalue weighted by Gasteiger charge is -2.29. The van der Waals surface area contributed by atoms with Crippen LogP contribution in [0.25, 0.3) is 0 Å². The Balaban J connectivity index is 1.86. The van der Waals surface area contributed by atoms with Crippen molar-refractivity contribution in [1.29, 1.82) is 0 Å². The zero-order chi connectivity index (χ0) is 18.6. The number of rotatable bonds is 5. The summed E-state index contributed by atoms with van der Waals surface area (Å²) < 4.78 is 16.5. The van der Waals surface area contributed by atoms with Crippen LogP contribution in [0.4, 0.5) is 4.79 Å². The predicted octanol–water partition coefficient (Wildman–Crippen LogP) is 3.46. The van der Waals surface area contributed by atoms with Crippen molar-refractivity contribution in [3.63, 3.8) is 0 Å². The Morgan fingerprint density at radius 2 is 2.04 bits per heavy atom. The van der Waals surface area contributed by atoms with Crippen LogP contribution >= 0.6 is 11.6 Å². The average Bonchev–Trinajstić information content (AvgIpc) is 2.52. The number of amides is 1. The summed E-state index contributed by atoms with van der Waals surface area (Å²) in [6, 6.07) is 3.78. The molecular formula is C18H27ClN2O4. The summed E-state index contributed by atoms with van der Waals surface area (Å²) in [7, 11) is 1.74. The Morgan fingerprint density at radius 1 is 1.36 bits per heavy atom. The van der Waals surface area contributed by atoms with Gasteiger partial charge < -0.3 is 24.4 Å². The van der Waals surface area contributed by atoms with Crippen LogP contribution in [-0.2, 0) is 11.3 Å². The molecule has 2 rings (SSSR count). The molecule has 1 atom stereocenters. The lowest BCUT2D eigenvalue weighted by atomic mass is 10.2. The summed E-state index contributed by atoms with van der Waals surface area (Å²) in [5.74, 6) is 1.28. The lowest BCUT2D eigenvalue weighted by Crippen LogP contribution is -2.43. The first kappa shape index (κ1) is 19.7. The van der Waals surface area contributed by atoms with E-state index in [4.69, 9.17) is 25.8 Å². The van der Waals surface area contributed by atoms with Crippen LogP contribution in [0.2, 0.25) is 5.02 Å². The van der Waals surface area contributed by atoms with Gasteiger partial charge in [-0.1, -0.05) is 11.6 Å². The van der Waals surface area contributed by atoms with Crippen LogP contribution in [0.1, 0.15) is 33.3 Å². The standard InChI is InChI=1S/C18H27ClN2O4/c1-12(21(5)17(22)25-18(2,3)4)10-20-11-13-8-14(19)16-15(9-13)23-6-7-24-16/h8-9,12,20H,6-7,10-11H2,1-5H3. The van der Waals surface area contributed by atoms with Crippen molar-refractivity contribution >= 4 is 17.7 Å². The first-order valence-electron chi connectivity index (χ1n) is 8.42. The van der Waals surface area contributed by atoms with Gasteiger partial charge in [0.2, 0.25) is 0 Å². The second-order valence-electron chi connectivity index (χ2n) is 7.17. The molecular weight excluding hydrogens is 344 g/mol. The number of hydrogen-bond donors (Lipinski definition) is 1. The van der Waals surface area contributed by atoms with Crippen LogP contribution in [0.3, 0.4) is 0 Å². The fraction of sp³-hybridized carbons (Fsp3) is 0.611. The number of ether oxygens (including phenoxy) is 3. The Bertz CT molecular complexity index is 616. The molecule has 0 radical (unpaired) electrons. The van der Waals surface area contributed by atoms with E-state index in [0.717, 1.165) is 5.56 Å². The molecule has 1 heterocycles. The molecule has 0 fully saturated rings. The third-order valence-electron chi connectivity index (χ3n) is 3.77. The molecule has 7 heteroatoms. The molecule has 0 aromatic heterocycles. The van der Waals surface area contributed by atoms with Gasteiger partial charge in [-0.05, 0) is 45.4 Å². The number of benzene rings is 1. The fourth-order valence-corrected chi connectivity index (χ4v) is 2.63. The zero-order valence-electron chi connectivity index (χ0n) is 15.5. The van der Waals surface area contributed by atoms with Crippen molar-refractivity contribution in [3.8, 4) is 11.5 Å². The molecule has 0 saturated heterocycles. The summed E-state index contributed by atoms with van der Waals surface area (Å²) in [6.45, 7) is 9.81. The van der Waals surface area contributed by atoms with E-state index in [2.05, 4.69) is 5.32 Å². The molecule has 0 spiro atoms. The lowest BCUT2D eigenvalue weighted by molar-refractivity contribution is 0.0236. The molecule has 1 N–H and O–H groups in total. The maximum absolute atomic E-state index is 12.1. The zero-order valence-corrected chi connectivity index (χ0v) is 16.3. The number of halogens is 1. The van der Waals surface area contributed by atoms with Crippen molar-refractivity contribution < 1.29 is 19.0 Å².